The summed E-state index contributed by atoms with van der Waals surface area (Å²) in [4.78, 5) is 17.0. The molecule has 1 N–H and O–H groups in total. The lowest BCUT2D eigenvalue weighted by Crippen LogP contribution is -2.14. The zero-order chi connectivity index (χ0) is 16.6. The van der Waals surface area contributed by atoms with Crippen LogP contribution in [0.3, 0.4) is 0 Å². The van der Waals surface area contributed by atoms with Crippen LogP contribution in [0.15, 0.2) is 34.9 Å². The Kier molecular flexibility index (Phi) is 3.82. The minimum Gasteiger partial charge on any atom is -0.336 e. The molecule has 0 radical (unpaired) electrons. The standard InChI is InChI=1S/C17H16FN3O2/c1-9(2)14-8-11(15-10(3)21-23-17(15)20-14)16(22)19-13-7-5-4-6-12(13)18/h4-9H,1-3H3,(H,19,22). The second-order valence-electron chi connectivity index (χ2n) is 5.63. The van der Waals surface area contributed by atoms with Gasteiger partial charge in [0.05, 0.1) is 22.3 Å². The van der Waals surface area contributed by atoms with Crippen molar-refractivity contribution in [3.05, 3.63) is 53.1 Å². The third kappa shape index (κ3) is 2.79. The van der Waals surface area contributed by atoms with E-state index in [2.05, 4.69) is 15.5 Å². The number of carbonyl (C=O) groups excluding carboxylic acids is 1. The van der Waals surface area contributed by atoms with Crippen molar-refractivity contribution in [1.29, 1.82) is 0 Å². The number of benzene rings is 1. The number of hydrogen-bond acceptors (Lipinski definition) is 4. The number of aryl methyl sites for hydroxylation is 1. The van der Waals surface area contributed by atoms with Gasteiger partial charge in [-0.25, -0.2) is 9.37 Å². The van der Waals surface area contributed by atoms with Gasteiger partial charge in [0.25, 0.3) is 11.6 Å². The van der Waals surface area contributed by atoms with Crippen LogP contribution < -0.4 is 5.32 Å². The van der Waals surface area contributed by atoms with Crippen LogP contribution >= 0.6 is 0 Å². The highest BCUT2D eigenvalue weighted by Crippen LogP contribution is 2.26. The molecule has 3 aromatic rings. The maximum atomic E-state index is 13.7. The average Bonchev–Trinajstić information content (AvgIpc) is 2.90. The summed E-state index contributed by atoms with van der Waals surface area (Å²) in [7, 11) is 0. The van der Waals surface area contributed by atoms with Crippen LogP contribution in [0.4, 0.5) is 10.1 Å². The summed E-state index contributed by atoms with van der Waals surface area (Å²) >= 11 is 0. The van der Waals surface area contributed by atoms with Crippen molar-refractivity contribution in [3.63, 3.8) is 0 Å². The first-order chi connectivity index (χ1) is 11.0. The molecule has 0 atom stereocenters. The summed E-state index contributed by atoms with van der Waals surface area (Å²) in [6, 6.07) is 7.73. The number of nitrogens with zero attached hydrogens (tertiary/aromatic N) is 2. The van der Waals surface area contributed by atoms with Crippen molar-refractivity contribution in [1.82, 2.24) is 10.1 Å². The molecule has 0 spiro atoms. The Morgan fingerprint density at radius 3 is 2.74 bits per heavy atom. The van der Waals surface area contributed by atoms with Crippen molar-refractivity contribution in [2.75, 3.05) is 5.32 Å². The number of fused-ring (bicyclic) bond motifs is 1. The average molecular weight is 313 g/mol. The molecule has 1 amide bonds. The summed E-state index contributed by atoms with van der Waals surface area (Å²) in [6.07, 6.45) is 0. The minimum absolute atomic E-state index is 0.116. The Balaban J connectivity index is 2.09. The maximum absolute atomic E-state index is 13.7. The largest absolute Gasteiger partial charge is 0.336 e. The Morgan fingerprint density at radius 1 is 1.30 bits per heavy atom. The van der Waals surface area contributed by atoms with Gasteiger partial charge in [0.1, 0.15) is 5.82 Å². The molecule has 118 valence electrons. The molecule has 5 nitrogen and oxygen atoms in total. The number of aromatic nitrogens is 2. The van der Waals surface area contributed by atoms with Gasteiger partial charge in [-0.2, -0.15) is 0 Å². The lowest BCUT2D eigenvalue weighted by atomic mass is 10.0. The van der Waals surface area contributed by atoms with E-state index in [9.17, 15) is 9.18 Å². The van der Waals surface area contributed by atoms with Crippen LogP contribution in [0.25, 0.3) is 11.1 Å². The van der Waals surface area contributed by atoms with E-state index in [1.54, 1.807) is 25.1 Å². The second kappa shape index (κ2) is 5.79. The highest BCUT2D eigenvalue weighted by atomic mass is 19.1. The molecule has 3 rings (SSSR count). The fourth-order valence-electron chi connectivity index (χ4n) is 2.34. The summed E-state index contributed by atoms with van der Waals surface area (Å²) < 4.78 is 18.9. The van der Waals surface area contributed by atoms with E-state index >= 15 is 0 Å². The lowest BCUT2D eigenvalue weighted by molar-refractivity contribution is 0.102. The minimum atomic E-state index is -0.489. The van der Waals surface area contributed by atoms with E-state index in [0.29, 0.717) is 28.1 Å². The fraction of sp³-hybridized carbons (Fsp3) is 0.235. The molecule has 0 saturated heterocycles. The lowest BCUT2D eigenvalue weighted by Gasteiger charge is -2.10. The van der Waals surface area contributed by atoms with Gasteiger partial charge in [0.15, 0.2) is 0 Å². The molecule has 6 heteroatoms. The monoisotopic (exact) mass is 313 g/mol. The first-order valence-electron chi connectivity index (χ1n) is 7.30. The first kappa shape index (κ1) is 15.1. The normalized spacial score (nSPS) is 11.2. The molecule has 0 aliphatic rings. The van der Waals surface area contributed by atoms with Crippen molar-refractivity contribution in [2.24, 2.45) is 0 Å². The van der Waals surface area contributed by atoms with Gasteiger partial charge in [-0.05, 0) is 31.0 Å². The molecule has 0 bridgehead atoms. The number of anilines is 1. The number of rotatable bonds is 3. The predicted molar refractivity (Wildman–Crippen MR) is 85.0 cm³/mol. The molecular weight excluding hydrogens is 297 g/mol. The Morgan fingerprint density at radius 2 is 2.04 bits per heavy atom. The number of nitrogens with one attached hydrogen (secondary N) is 1. The molecule has 2 aromatic heterocycles. The number of amides is 1. The second-order valence-corrected chi connectivity index (χ2v) is 5.63. The number of hydrogen-bond donors (Lipinski definition) is 1. The zero-order valence-electron chi connectivity index (χ0n) is 13.1. The molecule has 0 aliphatic carbocycles. The first-order valence-corrected chi connectivity index (χ1v) is 7.30. The SMILES string of the molecule is Cc1noc2nc(C(C)C)cc(C(=O)Nc3ccccc3F)c12. The third-order valence-corrected chi connectivity index (χ3v) is 3.60. The van der Waals surface area contributed by atoms with Gasteiger partial charge in [-0.3, -0.25) is 4.79 Å². The van der Waals surface area contributed by atoms with Crippen molar-refractivity contribution in [2.45, 2.75) is 26.7 Å². The molecule has 2 heterocycles. The van der Waals surface area contributed by atoms with Gasteiger partial charge in [0.2, 0.25) is 0 Å². The fourth-order valence-corrected chi connectivity index (χ4v) is 2.34. The summed E-state index contributed by atoms with van der Waals surface area (Å²) in [6.45, 7) is 5.67. The Labute approximate surface area is 132 Å². The van der Waals surface area contributed by atoms with Gasteiger partial charge >= 0.3 is 0 Å². The van der Waals surface area contributed by atoms with Gasteiger partial charge in [-0.1, -0.05) is 31.1 Å². The maximum Gasteiger partial charge on any atom is 0.259 e. The van der Waals surface area contributed by atoms with Crippen molar-refractivity contribution < 1.29 is 13.7 Å². The molecule has 23 heavy (non-hydrogen) atoms. The summed E-state index contributed by atoms with van der Waals surface area (Å²) in [5.74, 6) is -0.794. The van der Waals surface area contributed by atoms with Crippen LogP contribution in [0, 0.1) is 12.7 Å². The Bertz CT molecular complexity index is 887. The Hall–Kier alpha value is -2.76. The number of pyridine rings is 1. The van der Waals surface area contributed by atoms with Gasteiger partial charge in [0, 0.05) is 5.69 Å². The van der Waals surface area contributed by atoms with Gasteiger partial charge < -0.3 is 9.84 Å². The van der Waals surface area contributed by atoms with Crippen LogP contribution in [0.1, 0.15) is 41.5 Å². The van der Waals surface area contributed by atoms with Crippen molar-refractivity contribution in [3.8, 4) is 0 Å². The third-order valence-electron chi connectivity index (χ3n) is 3.60. The molecule has 0 fully saturated rings. The highest BCUT2D eigenvalue weighted by molar-refractivity contribution is 6.12. The molecular formula is C17H16FN3O2. The van der Waals surface area contributed by atoms with E-state index in [-0.39, 0.29) is 11.6 Å². The predicted octanol–water partition coefficient (Wildman–Crippen LogP) is 4.05. The van der Waals surface area contributed by atoms with Crippen LogP contribution in [-0.4, -0.2) is 16.0 Å². The molecule has 0 unspecified atom stereocenters. The van der Waals surface area contributed by atoms with Crippen molar-refractivity contribution >= 4 is 22.7 Å². The van der Waals surface area contributed by atoms with E-state index in [1.165, 1.54) is 12.1 Å². The van der Waals surface area contributed by atoms with E-state index < -0.39 is 11.7 Å². The molecule has 0 saturated carbocycles. The van der Waals surface area contributed by atoms with Crippen LogP contribution in [0.2, 0.25) is 0 Å². The zero-order valence-corrected chi connectivity index (χ0v) is 13.1. The highest BCUT2D eigenvalue weighted by Gasteiger charge is 2.20. The van der Waals surface area contributed by atoms with Crippen LogP contribution in [0.5, 0.6) is 0 Å². The molecule has 1 aromatic carbocycles. The summed E-state index contributed by atoms with van der Waals surface area (Å²) in [5.41, 5.74) is 2.10. The number of halogens is 1. The summed E-state index contributed by atoms with van der Waals surface area (Å²) in [5, 5.41) is 7.01. The van der Waals surface area contributed by atoms with E-state index in [1.807, 2.05) is 13.8 Å². The van der Waals surface area contributed by atoms with E-state index in [4.69, 9.17) is 4.52 Å². The number of carbonyl (C=O) groups is 1. The van der Waals surface area contributed by atoms with E-state index in [0.717, 1.165) is 0 Å². The van der Waals surface area contributed by atoms with Crippen LogP contribution in [-0.2, 0) is 0 Å². The molecule has 0 aliphatic heterocycles. The number of para-hydroxylation sites is 1. The topological polar surface area (TPSA) is 68.0 Å². The van der Waals surface area contributed by atoms with Gasteiger partial charge in [-0.15, -0.1) is 0 Å². The quantitative estimate of drug-likeness (QED) is 0.792. The smallest absolute Gasteiger partial charge is 0.259 e.